The maximum atomic E-state index is 11.8. The van der Waals surface area contributed by atoms with Gasteiger partial charge in [-0.05, 0) is 31.1 Å². The summed E-state index contributed by atoms with van der Waals surface area (Å²) in [6.07, 6.45) is 3.36. The molecular formula is C13H22N4O2. The minimum absolute atomic E-state index is 0.265. The second kappa shape index (κ2) is 4.85. The Bertz CT molecular complexity index is 457. The van der Waals surface area contributed by atoms with Crippen LogP contribution < -0.4 is 11.1 Å². The molecule has 5 N–H and O–H groups in total. The number of nitrogens with two attached hydrogens (primary N) is 1. The molecule has 1 fully saturated rings. The van der Waals surface area contributed by atoms with Gasteiger partial charge in [-0.25, -0.2) is 0 Å². The third-order valence-electron chi connectivity index (χ3n) is 3.95. The second-order valence-corrected chi connectivity index (χ2v) is 6.28. The lowest BCUT2D eigenvalue weighted by Gasteiger charge is -2.40. The van der Waals surface area contributed by atoms with Gasteiger partial charge in [-0.3, -0.25) is 9.89 Å². The van der Waals surface area contributed by atoms with Crippen LogP contribution in [0.5, 0.6) is 0 Å². The highest BCUT2D eigenvalue weighted by molar-refractivity contribution is 5.92. The second-order valence-electron chi connectivity index (χ2n) is 6.28. The molecule has 1 aromatic rings. The van der Waals surface area contributed by atoms with E-state index in [0.717, 1.165) is 12.8 Å². The van der Waals surface area contributed by atoms with Crippen LogP contribution in [0.1, 0.15) is 50.0 Å². The van der Waals surface area contributed by atoms with Crippen LogP contribution in [0.15, 0.2) is 6.07 Å². The van der Waals surface area contributed by atoms with Crippen LogP contribution in [-0.4, -0.2) is 33.4 Å². The summed E-state index contributed by atoms with van der Waals surface area (Å²) in [5, 5.41) is 19.4. The third kappa shape index (κ3) is 3.47. The molecule has 1 amide bonds. The zero-order valence-corrected chi connectivity index (χ0v) is 11.5. The lowest BCUT2D eigenvalue weighted by Crippen LogP contribution is -2.46. The van der Waals surface area contributed by atoms with Crippen LogP contribution >= 0.6 is 0 Å². The van der Waals surface area contributed by atoms with Crippen LogP contribution in [0.3, 0.4) is 0 Å². The van der Waals surface area contributed by atoms with E-state index in [1.165, 1.54) is 6.07 Å². The van der Waals surface area contributed by atoms with E-state index < -0.39 is 5.60 Å². The summed E-state index contributed by atoms with van der Waals surface area (Å²) in [6.45, 7) is 4.68. The van der Waals surface area contributed by atoms with Gasteiger partial charge in [0.1, 0.15) is 11.5 Å². The fourth-order valence-electron chi connectivity index (χ4n) is 2.36. The Hall–Kier alpha value is -1.56. The third-order valence-corrected chi connectivity index (χ3v) is 3.95. The zero-order valence-electron chi connectivity index (χ0n) is 11.5. The van der Waals surface area contributed by atoms with Crippen LogP contribution in [-0.2, 0) is 0 Å². The Labute approximate surface area is 112 Å². The molecule has 1 aliphatic rings. The summed E-state index contributed by atoms with van der Waals surface area (Å²) < 4.78 is 0. The van der Waals surface area contributed by atoms with Crippen molar-refractivity contribution in [3.63, 3.8) is 0 Å². The zero-order chi connectivity index (χ0) is 14.1. The SMILES string of the molecule is CC1(C)CCC(O)(CNC(=O)c2cc(N)n[nH]2)CC1. The number of carbonyl (C=O) groups excluding carboxylic acids is 1. The Morgan fingerprint density at radius 3 is 2.63 bits per heavy atom. The van der Waals surface area contributed by atoms with E-state index in [2.05, 4.69) is 29.4 Å². The van der Waals surface area contributed by atoms with Gasteiger partial charge in [0.15, 0.2) is 0 Å². The summed E-state index contributed by atoms with van der Waals surface area (Å²) >= 11 is 0. The molecule has 0 atom stereocenters. The first-order valence-corrected chi connectivity index (χ1v) is 6.61. The number of amides is 1. The summed E-state index contributed by atoms with van der Waals surface area (Å²) in [4.78, 5) is 11.8. The standard InChI is InChI=1S/C13H22N4O2/c1-12(2)3-5-13(19,6-4-12)8-15-11(18)9-7-10(14)17-16-9/h7,19H,3-6,8H2,1-2H3,(H,15,18)(H3,14,16,17). The number of nitrogens with one attached hydrogen (secondary N) is 2. The molecule has 0 bridgehead atoms. The molecule has 6 nitrogen and oxygen atoms in total. The van der Waals surface area contributed by atoms with Crippen molar-refractivity contribution >= 4 is 11.7 Å². The van der Waals surface area contributed by atoms with Crippen molar-refractivity contribution in [1.82, 2.24) is 15.5 Å². The van der Waals surface area contributed by atoms with Gasteiger partial charge in [0.05, 0.1) is 5.60 Å². The number of carbonyl (C=O) groups is 1. The molecule has 0 aromatic carbocycles. The minimum Gasteiger partial charge on any atom is -0.388 e. The minimum atomic E-state index is -0.795. The van der Waals surface area contributed by atoms with Gasteiger partial charge in [0.2, 0.25) is 0 Å². The molecule has 1 heterocycles. The topological polar surface area (TPSA) is 104 Å². The fourth-order valence-corrected chi connectivity index (χ4v) is 2.36. The quantitative estimate of drug-likeness (QED) is 0.656. The molecule has 106 valence electrons. The van der Waals surface area contributed by atoms with E-state index in [1.807, 2.05) is 0 Å². The molecule has 6 heteroatoms. The molecule has 2 rings (SSSR count). The van der Waals surface area contributed by atoms with E-state index in [4.69, 9.17) is 5.73 Å². The van der Waals surface area contributed by atoms with Crippen LogP contribution in [0, 0.1) is 5.41 Å². The summed E-state index contributed by atoms with van der Waals surface area (Å²) in [7, 11) is 0. The number of aliphatic hydroxyl groups is 1. The summed E-state index contributed by atoms with van der Waals surface area (Å²) in [5.74, 6) is -0.00858. The van der Waals surface area contributed by atoms with E-state index in [-0.39, 0.29) is 23.7 Å². The molecule has 0 unspecified atom stereocenters. The number of anilines is 1. The summed E-state index contributed by atoms with van der Waals surface area (Å²) in [5.41, 5.74) is 5.25. The molecule has 1 aromatic heterocycles. The normalized spacial score (nSPS) is 21.0. The molecule has 0 aliphatic heterocycles. The van der Waals surface area contributed by atoms with E-state index in [0.29, 0.717) is 18.5 Å². The number of aromatic nitrogens is 2. The molecule has 1 saturated carbocycles. The molecule has 0 spiro atoms. The van der Waals surface area contributed by atoms with Gasteiger partial charge in [0.25, 0.3) is 5.91 Å². The lowest BCUT2D eigenvalue weighted by molar-refractivity contribution is -0.0233. The van der Waals surface area contributed by atoms with Crippen LogP contribution in [0.25, 0.3) is 0 Å². The maximum Gasteiger partial charge on any atom is 0.269 e. The average molecular weight is 266 g/mol. The highest BCUT2D eigenvalue weighted by atomic mass is 16.3. The number of nitrogens with zero attached hydrogens (tertiary/aromatic N) is 1. The largest absolute Gasteiger partial charge is 0.388 e. The van der Waals surface area contributed by atoms with Crippen molar-refractivity contribution in [2.24, 2.45) is 5.41 Å². The molecule has 1 aliphatic carbocycles. The highest BCUT2D eigenvalue weighted by Gasteiger charge is 2.36. The number of H-pyrrole nitrogens is 1. The Morgan fingerprint density at radius 1 is 1.47 bits per heavy atom. The Morgan fingerprint density at radius 2 is 2.11 bits per heavy atom. The molecule has 0 radical (unpaired) electrons. The van der Waals surface area contributed by atoms with Gasteiger partial charge in [0, 0.05) is 12.6 Å². The number of hydrogen-bond donors (Lipinski definition) is 4. The Balaban J connectivity index is 1.87. The monoisotopic (exact) mass is 266 g/mol. The first-order valence-electron chi connectivity index (χ1n) is 6.61. The van der Waals surface area contributed by atoms with Gasteiger partial charge in [-0.1, -0.05) is 13.8 Å². The van der Waals surface area contributed by atoms with Gasteiger partial charge in [-0.2, -0.15) is 5.10 Å². The molecule has 19 heavy (non-hydrogen) atoms. The van der Waals surface area contributed by atoms with Gasteiger partial charge >= 0.3 is 0 Å². The first kappa shape index (κ1) is 13.9. The van der Waals surface area contributed by atoms with Crippen molar-refractivity contribution in [2.45, 2.75) is 45.1 Å². The smallest absolute Gasteiger partial charge is 0.269 e. The van der Waals surface area contributed by atoms with Crippen molar-refractivity contribution in [1.29, 1.82) is 0 Å². The average Bonchev–Trinajstić information content (AvgIpc) is 2.78. The van der Waals surface area contributed by atoms with Gasteiger partial charge in [-0.15, -0.1) is 0 Å². The van der Waals surface area contributed by atoms with E-state index in [1.54, 1.807) is 0 Å². The summed E-state index contributed by atoms with van der Waals surface area (Å²) in [6, 6.07) is 1.48. The van der Waals surface area contributed by atoms with Crippen molar-refractivity contribution in [3.8, 4) is 0 Å². The van der Waals surface area contributed by atoms with Crippen molar-refractivity contribution < 1.29 is 9.90 Å². The van der Waals surface area contributed by atoms with Crippen LogP contribution in [0.2, 0.25) is 0 Å². The highest BCUT2D eigenvalue weighted by Crippen LogP contribution is 2.39. The maximum absolute atomic E-state index is 11.8. The van der Waals surface area contributed by atoms with Crippen molar-refractivity contribution in [3.05, 3.63) is 11.8 Å². The number of rotatable bonds is 3. The van der Waals surface area contributed by atoms with Crippen LogP contribution in [0.4, 0.5) is 5.82 Å². The molecular weight excluding hydrogens is 244 g/mol. The van der Waals surface area contributed by atoms with Crippen molar-refractivity contribution in [2.75, 3.05) is 12.3 Å². The number of hydrogen-bond acceptors (Lipinski definition) is 4. The fraction of sp³-hybridized carbons (Fsp3) is 0.692. The number of nitrogen functional groups attached to an aromatic ring is 1. The predicted molar refractivity (Wildman–Crippen MR) is 72.5 cm³/mol. The van der Waals surface area contributed by atoms with Gasteiger partial charge < -0.3 is 16.2 Å². The first-order chi connectivity index (χ1) is 8.80. The Kier molecular flexibility index (Phi) is 3.54. The predicted octanol–water partition coefficient (Wildman–Crippen LogP) is 1.05. The molecule has 0 saturated heterocycles. The lowest BCUT2D eigenvalue weighted by atomic mass is 9.71. The van der Waals surface area contributed by atoms with E-state index >= 15 is 0 Å². The van der Waals surface area contributed by atoms with E-state index in [9.17, 15) is 9.90 Å². The number of aromatic amines is 1.